The van der Waals surface area contributed by atoms with Gasteiger partial charge in [-0.1, -0.05) is 35.3 Å². The van der Waals surface area contributed by atoms with Gasteiger partial charge in [0, 0.05) is 9.50 Å². The zero-order valence-electron chi connectivity index (χ0n) is 10.9. The number of halogens is 3. The maximum atomic E-state index is 12.3. The number of rotatable bonds is 2. The van der Waals surface area contributed by atoms with Gasteiger partial charge >= 0.3 is 0 Å². The quantitative estimate of drug-likeness (QED) is 0.727. The van der Waals surface area contributed by atoms with Crippen molar-refractivity contribution in [2.75, 3.05) is 5.32 Å². The molecule has 20 heavy (non-hydrogen) atoms. The van der Waals surface area contributed by atoms with Crippen LogP contribution in [0.4, 0.5) is 5.69 Å². The Bertz CT molecular complexity index is 686. The van der Waals surface area contributed by atoms with E-state index in [1.807, 2.05) is 26.0 Å². The first-order valence-corrected chi connectivity index (χ1v) is 7.47. The van der Waals surface area contributed by atoms with Crippen LogP contribution in [-0.2, 0) is 0 Å². The third kappa shape index (κ3) is 3.17. The first-order chi connectivity index (χ1) is 9.40. The van der Waals surface area contributed by atoms with Crippen molar-refractivity contribution in [3.63, 3.8) is 0 Å². The van der Waals surface area contributed by atoms with Crippen molar-refractivity contribution in [1.82, 2.24) is 0 Å². The van der Waals surface area contributed by atoms with Crippen LogP contribution >= 0.6 is 39.1 Å². The van der Waals surface area contributed by atoms with Gasteiger partial charge in [0.1, 0.15) is 0 Å². The van der Waals surface area contributed by atoms with Gasteiger partial charge in [0.05, 0.1) is 16.3 Å². The number of anilines is 1. The van der Waals surface area contributed by atoms with Crippen LogP contribution in [0.5, 0.6) is 0 Å². The van der Waals surface area contributed by atoms with Crippen molar-refractivity contribution in [2.45, 2.75) is 13.8 Å². The lowest BCUT2D eigenvalue weighted by molar-refractivity contribution is 0.102. The van der Waals surface area contributed by atoms with E-state index < -0.39 is 0 Å². The van der Waals surface area contributed by atoms with E-state index in [4.69, 9.17) is 23.2 Å². The van der Waals surface area contributed by atoms with Crippen LogP contribution in [-0.4, -0.2) is 5.91 Å². The van der Waals surface area contributed by atoms with Gasteiger partial charge in [0.15, 0.2) is 0 Å². The van der Waals surface area contributed by atoms with Crippen LogP contribution in [0.2, 0.25) is 10.0 Å². The molecule has 0 atom stereocenters. The molecule has 1 N–H and O–H groups in total. The lowest BCUT2D eigenvalue weighted by Crippen LogP contribution is -2.13. The van der Waals surface area contributed by atoms with E-state index in [2.05, 4.69) is 21.2 Å². The molecule has 0 heterocycles. The monoisotopic (exact) mass is 371 g/mol. The normalized spacial score (nSPS) is 10.4. The summed E-state index contributed by atoms with van der Waals surface area (Å²) in [4.78, 5) is 12.3. The molecule has 2 aromatic rings. The zero-order chi connectivity index (χ0) is 14.9. The SMILES string of the molecule is Cc1cc(Cl)c(NC(=O)c2cccc(C)c2Br)cc1Cl. The predicted molar refractivity (Wildman–Crippen MR) is 88.0 cm³/mol. The van der Waals surface area contributed by atoms with Crippen LogP contribution in [0, 0.1) is 13.8 Å². The van der Waals surface area contributed by atoms with E-state index in [0.29, 0.717) is 21.3 Å². The largest absolute Gasteiger partial charge is 0.321 e. The number of benzene rings is 2. The van der Waals surface area contributed by atoms with Crippen molar-refractivity contribution in [3.05, 3.63) is 61.5 Å². The van der Waals surface area contributed by atoms with E-state index in [-0.39, 0.29) is 5.91 Å². The summed E-state index contributed by atoms with van der Waals surface area (Å²) in [7, 11) is 0. The highest BCUT2D eigenvalue weighted by molar-refractivity contribution is 9.10. The topological polar surface area (TPSA) is 29.1 Å². The number of amides is 1. The summed E-state index contributed by atoms with van der Waals surface area (Å²) in [5, 5.41) is 3.80. The number of carbonyl (C=O) groups is 1. The fourth-order valence-corrected chi connectivity index (χ4v) is 2.63. The summed E-state index contributed by atoms with van der Waals surface area (Å²) >= 11 is 15.6. The second-order valence-electron chi connectivity index (χ2n) is 4.47. The molecule has 0 saturated heterocycles. The van der Waals surface area contributed by atoms with Gasteiger partial charge in [-0.2, -0.15) is 0 Å². The summed E-state index contributed by atoms with van der Waals surface area (Å²) < 4.78 is 0.770. The highest BCUT2D eigenvalue weighted by Crippen LogP contribution is 2.30. The molecule has 0 aliphatic rings. The average molecular weight is 373 g/mol. The zero-order valence-corrected chi connectivity index (χ0v) is 14.0. The lowest BCUT2D eigenvalue weighted by Gasteiger charge is -2.11. The molecule has 2 nitrogen and oxygen atoms in total. The van der Waals surface area contributed by atoms with E-state index in [9.17, 15) is 4.79 Å². The Kier molecular flexibility index (Phi) is 4.74. The molecule has 1 amide bonds. The van der Waals surface area contributed by atoms with Gasteiger partial charge in [-0.3, -0.25) is 4.79 Å². The summed E-state index contributed by atoms with van der Waals surface area (Å²) in [5.74, 6) is -0.234. The molecule has 0 fully saturated rings. The summed E-state index contributed by atoms with van der Waals surface area (Å²) in [6, 6.07) is 8.89. The van der Waals surface area contributed by atoms with Gasteiger partial charge in [-0.05, 0) is 59.1 Å². The van der Waals surface area contributed by atoms with Gasteiger partial charge in [-0.15, -0.1) is 0 Å². The van der Waals surface area contributed by atoms with Gasteiger partial charge in [0.2, 0.25) is 0 Å². The molecule has 0 bridgehead atoms. The number of aryl methyl sites for hydroxylation is 2. The standard InChI is InChI=1S/C15H12BrCl2NO/c1-8-4-3-5-10(14(8)16)15(20)19-13-7-11(17)9(2)6-12(13)18/h3-7H,1-2H3,(H,19,20). The number of hydrogen-bond donors (Lipinski definition) is 1. The smallest absolute Gasteiger partial charge is 0.256 e. The minimum atomic E-state index is -0.234. The summed E-state index contributed by atoms with van der Waals surface area (Å²) in [5.41, 5.74) is 2.91. The molecule has 5 heteroatoms. The number of carbonyl (C=O) groups excluding carboxylic acids is 1. The highest BCUT2D eigenvalue weighted by Gasteiger charge is 2.13. The summed E-state index contributed by atoms with van der Waals surface area (Å²) in [6.07, 6.45) is 0. The predicted octanol–water partition coefficient (Wildman–Crippen LogP) is 5.63. The van der Waals surface area contributed by atoms with Crippen molar-refractivity contribution in [3.8, 4) is 0 Å². The molecule has 0 unspecified atom stereocenters. The third-order valence-electron chi connectivity index (χ3n) is 2.93. The van der Waals surface area contributed by atoms with Crippen molar-refractivity contribution < 1.29 is 4.79 Å². The molecule has 0 spiro atoms. The van der Waals surface area contributed by atoms with Crippen LogP contribution < -0.4 is 5.32 Å². The number of nitrogens with one attached hydrogen (secondary N) is 1. The lowest BCUT2D eigenvalue weighted by atomic mass is 10.1. The molecular weight excluding hydrogens is 361 g/mol. The average Bonchev–Trinajstić information content (AvgIpc) is 2.39. The minimum Gasteiger partial charge on any atom is -0.321 e. The fraction of sp³-hybridized carbons (Fsp3) is 0.133. The van der Waals surface area contributed by atoms with Crippen molar-refractivity contribution >= 4 is 50.7 Å². The van der Waals surface area contributed by atoms with Gasteiger partial charge in [0.25, 0.3) is 5.91 Å². The van der Waals surface area contributed by atoms with E-state index in [0.717, 1.165) is 15.6 Å². The van der Waals surface area contributed by atoms with Crippen LogP contribution in [0.1, 0.15) is 21.5 Å². The molecule has 0 saturated carbocycles. The highest BCUT2D eigenvalue weighted by atomic mass is 79.9. The molecule has 0 aliphatic heterocycles. The fourth-order valence-electron chi connectivity index (χ4n) is 1.75. The van der Waals surface area contributed by atoms with Gasteiger partial charge in [-0.25, -0.2) is 0 Å². The van der Waals surface area contributed by atoms with Crippen LogP contribution in [0.15, 0.2) is 34.8 Å². The Balaban J connectivity index is 2.33. The Morgan fingerprint density at radius 3 is 2.50 bits per heavy atom. The molecule has 2 rings (SSSR count). The summed E-state index contributed by atoms with van der Waals surface area (Å²) in [6.45, 7) is 3.79. The Labute approximate surface area is 136 Å². The van der Waals surface area contributed by atoms with Crippen molar-refractivity contribution in [2.24, 2.45) is 0 Å². The molecule has 0 aromatic heterocycles. The van der Waals surface area contributed by atoms with Crippen LogP contribution in [0.25, 0.3) is 0 Å². The Hall–Kier alpha value is -1.03. The second kappa shape index (κ2) is 6.17. The first-order valence-electron chi connectivity index (χ1n) is 5.92. The minimum absolute atomic E-state index is 0.234. The Morgan fingerprint density at radius 1 is 1.10 bits per heavy atom. The van der Waals surface area contributed by atoms with E-state index in [1.165, 1.54) is 0 Å². The molecule has 0 radical (unpaired) electrons. The third-order valence-corrected chi connectivity index (χ3v) is 4.71. The molecular formula is C15H12BrCl2NO. The number of hydrogen-bond acceptors (Lipinski definition) is 1. The van der Waals surface area contributed by atoms with E-state index in [1.54, 1.807) is 18.2 Å². The van der Waals surface area contributed by atoms with Gasteiger partial charge < -0.3 is 5.32 Å². The maximum Gasteiger partial charge on any atom is 0.256 e. The molecule has 2 aromatic carbocycles. The molecule has 104 valence electrons. The van der Waals surface area contributed by atoms with Crippen LogP contribution in [0.3, 0.4) is 0 Å². The Morgan fingerprint density at radius 2 is 1.80 bits per heavy atom. The van der Waals surface area contributed by atoms with E-state index >= 15 is 0 Å². The first kappa shape index (κ1) is 15.4. The maximum absolute atomic E-state index is 12.3. The van der Waals surface area contributed by atoms with Crippen molar-refractivity contribution in [1.29, 1.82) is 0 Å². The molecule has 0 aliphatic carbocycles. The second-order valence-corrected chi connectivity index (χ2v) is 6.08.